The molecule has 0 spiro atoms. The second kappa shape index (κ2) is 64.4. The van der Waals surface area contributed by atoms with Crippen LogP contribution in [0.1, 0.15) is 335 Å². The van der Waals surface area contributed by atoms with E-state index >= 15 is 0 Å². The van der Waals surface area contributed by atoms with Gasteiger partial charge in [0, 0.05) is 6.42 Å². The van der Waals surface area contributed by atoms with Crippen LogP contribution in [0.2, 0.25) is 0 Å². The lowest BCUT2D eigenvalue weighted by molar-refractivity contribution is -0.302. The van der Waals surface area contributed by atoms with Crippen LogP contribution < -0.4 is 5.32 Å². The molecule has 6 N–H and O–H groups in total. The monoisotopic (exact) mass is 1190 g/mol. The summed E-state index contributed by atoms with van der Waals surface area (Å²) in [5, 5.41) is 54.8. The molecule has 1 aliphatic heterocycles. The Kier molecular flexibility index (Phi) is 60.9. The number of allylic oxidation sites excluding steroid dienone is 13. The molecular formula is C76H137NO8. The molecule has 494 valence electrons. The lowest BCUT2D eigenvalue weighted by atomic mass is 9.99. The molecule has 1 fully saturated rings. The van der Waals surface area contributed by atoms with E-state index in [1.807, 2.05) is 6.08 Å². The van der Waals surface area contributed by atoms with Gasteiger partial charge < -0.3 is 40.3 Å². The van der Waals surface area contributed by atoms with Gasteiger partial charge in [0.1, 0.15) is 24.4 Å². The van der Waals surface area contributed by atoms with Crippen molar-refractivity contribution in [3.05, 3.63) is 85.1 Å². The third-order valence-electron chi connectivity index (χ3n) is 17.0. The smallest absolute Gasteiger partial charge is 0.220 e. The maximum Gasteiger partial charge on any atom is 0.220 e. The predicted molar refractivity (Wildman–Crippen MR) is 364 cm³/mol. The fourth-order valence-corrected chi connectivity index (χ4v) is 11.3. The van der Waals surface area contributed by atoms with Crippen molar-refractivity contribution in [3.63, 3.8) is 0 Å². The number of carbonyl (C=O) groups excluding carboxylic acids is 1. The average molecular weight is 1190 g/mol. The Hall–Kier alpha value is -2.63. The lowest BCUT2D eigenvalue weighted by Crippen LogP contribution is -2.60. The SMILES string of the molecule is CC/C=C\C/C=C\C/C=C\C/C=C\C/C=C\CCCCCCCCCCCCCCCC(=O)NC(COC1OC(CO)C(O)C(O)C1O)C(O)/C=C/CC/C=C/CCCCCCCCCCCCCCCCCCCCCCCCCCCCC. The number of unbranched alkanes of at least 4 members (excludes halogenated alkanes) is 41. The summed E-state index contributed by atoms with van der Waals surface area (Å²) in [5.41, 5.74) is 0. The number of hydrogen-bond donors (Lipinski definition) is 6. The van der Waals surface area contributed by atoms with Crippen LogP contribution in [-0.2, 0) is 14.3 Å². The molecule has 0 aliphatic carbocycles. The number of nitrogens with one attached hydrogen (secondary N) is 1. The van der Waals surface area contributed by atoms with Gasteiger partial charge in [0.2, 0.25) is 5.91 Å². The molecule has 1 amide bonds. The largest absolute Gasteiger partial charge is 0.394 e. The number of hydrogen-bond acceptors (Lipinski definition) is 8. The Bertz CT molecular complexity index is 1620. The number of aliphatic hydroxyl groups is 5. The highest BCUT2D eigenvalue weighted by molar-refractivity contribution is 5.76. The molecule has 9 nitrogen and oxygen atoms in total. The highest BCUT2D eigenvalue weighted by Crippen LogP contribution is 2.23. The molecule has 7 atom stereocenters. The minimum absolute atomic E-state index is 0.187. The molecule has 0 saturated carbocycles. The van der Waals surface area contributed by atoms with Gasteiger partial charge in [-0.3, -0.25) is 4.79 Å². The van der Waals surface area contributed by atoms with Crippen molar-refractivity contribution in [3.8, 4) is 0 Å². The number of ether oxygens (including phenoxy) is 2. The van der Waals surface area contributed by atoms with Gasteiger partial charge in [-0.2, -0.15) is 0 Å². The van der Waals surface area contributed by atoms with E-state index in [-0.39, 0.29) is 12.5 Å². The first-order chi connectivity index (χ1) is 41.8. The fourth-order valence-electron chi connectivity index (χ4n) is 11.3. The molecule has 0 radical (unpaired) electrons. The van der Waals surface area contributed by atoms with Gasteiger partial charge >= 0.3 is 0 Å². The quantitative estimate of drug-likeness (QED) is 0.0261. The summed E-state index contributed by atoms with van der Waals surface area (Å²) in [6.45, 7) is 3.69. The third kappa shape index (κ3) is 53.0. The Balaban J connectivity index is 2.14. The van der Waals surface area contributed by atoms with Gasteiger partial charge in [0.15, 0.2) is 6.29 Å². The molecule has 1 heterocycles. The van der Waals surface area contributed by atoms with Gasteiger partial charge in [0.05, 0.1) is 25.4 Å². The normalized spacial score (nSPS) is 18.6. The molecule has 1 aliphatic rings. The van der Waals surface area contributed by atoms with Crippen LogP contribution in [0, 0.1) is 0 Å². The maximum atomic E-state index is 13.1. The summed E-state index contributed by atoms with van der Waals surface area (Å²) in [5.74, 6) is -0.187. The number of amides is 1. The van der Waals surface area contributed by atoms with Crippen LogP contribution in [0.4, 0.5) is 0 Å². The zero-order chi connectivity index (χ0) is 61.4. The fraction of sp³-hybridized carbons (Fsp3) is 0.803. The van der Waals surface area contributed by atoms with Crippen LogP contribution in [-0.4, -0.2) is 87.5 Å². The molecule has 7 unspecified atom stereocenters. The van der Waals surface area contributed by atoms with Crippen LogP contribution in [0.3, 0.4) is 0 Å². The van der Waals surface area contributed by atoms with E-state index in [1.54, 1.807) is 6.08 Å². The van der Waals surface area contributed by atoms with Crippen molar-refractivity contribution in [2.45, 2.75) is 378 Å². The van der Waals surface area contributed by atoms with Crippen molar-refractivity contribution in [1.29, 1.82) is 0 Å². The zero-order valence-electron chi connectivity index (χ0n) is 55.4. The summed E-state index contributed by atoms with van der Waals surface area (Å²) >= 11 is 0. The van der Waals surface area contributed by atoms with E-state index in [0.717, 1.165) is 70.6 Å². The van der Waals surface area contributed by atoms with Crippen molar-refractivity contribution in [2.75, 3.05) is 13.2 Å². The first kappa shape index (κ1) is 80.4. The molecular weight excluding hydrogens is 1050 g/mol. The van der Waals surface area contributed by atoms with E-state index in [1.165, 1.54) is 244 Å². The van der Waals surface area contributed by atoms with Gasteiger partial charge in [-0.25, -0.2) is 0 Å². The van der Waals surface area contributed by atoms with Crippen molar-refractivity contribution in [1.82, 2.24) is 5.32 Å². The summed E-state index contributed by atoms with van der Waals surface area (Å²) in [6.07, 6.45) is 85.6. The van der Waals surface area contributed by atoms with E-state index in [2.05, 4.69) is 92.1 Å². The van der Waals surface area contributed by atoms with Gasteiger partial charge in [-0.15, -0.1) is 0 Å². The van der Waals surface area contributed by atoms with Gasteiger partial charge in [-0.05, 0) is 77.0 Å². The summed E-state index contributed by atoms with van der Waals surface area (Å²) in [4.78, 5) is 13.1. The number of carbonyl (C=O) groups is 1. The van der Waals surface area contributed by atoms with E-state index in [4.69, 9.17) is 9.47 Å². The lowest BCUT2D eigenvalue weighted by Gasteiger charge is -2.40. The van der Waals surface area contributed by atoms with Crippen LogP contribution >= 0.6 is 0 Å². The average Bonchev–Trinajstić information content (AvgIpc) is 3.56. The standard InChI is InChI=1S/C76H137NO8/c1-3-5-7-9-11-13-15-17-19-21-23-25-27-29-31-33-34-35-36-38-39-41-43-45-47-49-51-53-55-57-59-61-63-65-70(79)69(68-84-76-75(83)74(82)73(81)71(67-78)85-76)77-72(80)66-64-62-60-58-56-54-52-50-48-46-44-42-40-37-32-30-28-26-24-22-20-18-16-14-12-10-8-6-4-2/h6,8,12,14,18,20,24,26,30,32,55,57,63,65,69-71,73-76,78-79,81-83H,3-5,7,9-11,13,15-17,19,21-23,25,27-29,31,33-54,56,58-62,64,66-68H2,1-2H3,(H,77,80)/b8-6-,14-12-,20-18-,26-24-,32-30-,57-55+,65-63+. The van der Waals surface area contributed by atoms with Crippen LogP contribution in [0.5, 0.6) is 0 Å². The first-order valence-electron chi connectivity index (χ1n) is 36.3. The molecule has 85 heavy (non-hydrogen) atoms. The van der Waals surface area contributed by atoms with E-state index in [9.17, 15) is 30.3 Å². The number of aliphatic hydroxyl groups excluding tert-OH is 5. The summed E-state index contributed by atoms with van der Waals surface area (Å²) < 4.78 is 11.3. The van der Waals surface area contributed by atoms with E-state index in [0.29, 0.717) is 6.42 Å². The molecule has 0 bridgehead atoms. The first-order valence-corrected chi connectivity index (χ1v) is 36.3. The topological polar surface area (TPSA) is 149 Å². The molecule has 9 heteroatoms. The Morgan fingerprint density at radius 3 is 1.13 bits per heavy atom. The molecule has 1 saturated heterocycles. The zero-order valence-corrected chi connectivity index (χ0v) is 55.4. The predicted octanol–water partition coefficient (Wildman–Crippen LogP) is 20.1. The summed E-state index contributed by atoms with van der Waals surface area (Å²) in [7, 11) is 0. The Morgan fingerprint density at radius 2 is 0.741 bits per heavy atom. The molecule has 0 aromatic carbocycles. The second-order valence-corrected chi connectivity index (χ2v) is 25.0. The molecule has 0 aromatic heterocycles. The highest BCUT2D eigenvalue weighted by atomic mass is 16.7. The van der Waals surface area contributed by atoms with Crippen molar-refractivity contribution in [2.24, 2.45) is 0 Å². The molecule has 0 aromatic rings. The third-order valence-corrected chi connectivity index (χ3v) is 17.0. The minimum Gasteiger partial charge on any atom is -0.394 e. The van der Waals surface area contributed by atoms with Gasteiger partial charge in [0.25, 0.3) is 0 Å². The highest BCUT2D eigenvalue weighted by Gasteiger charge is 2.44. The Labute approximate surface area is 524 Å². The van der Waals surface area contributed by atoms with Gasteiger partial charge in [-0.1, -0.05) is 336 Å². The van der Waals surface area contributed by atoms with Crippen molar-refractivity contribution >= 4 is 5.91 Å². The number of rotatable bonds is 63. The van der Waals surface area contributed by atoms with Crippen LogP contribution in [0.25, 0.3) is 0 Å². The van der Waals surface area contributed by atoms with Crippen molar-refractivity contribution < 1.29 is 39.8 Å². The molecule has 1 rings (SSSR count). The second-order valence-electron chi connectivity index (χ2n) is 25.0. The maximum absolute atomic E-state index is 13.1. The summed E-state index contributed by atoms with van der Waals surface area (Å²) in [6, 6.07) is -0.829. The van der Waals surface area contributed by atoms with E-state index < -0.39 is 49.5 Å². The minimum atomic E-state index is -1.58. The van der Waals surface area contributed by atoms with Crippen LogP contribution in [0.15, 0.2) is 85.1 Å². The Morgan fingerprint density at radius 1 is 0.412 bits per heavy atom.